The van der Waals surface area contributed by atoms with Crippen LogP contribution < -0.4 is 0 Å². The highest BCUT2D eigenvalue weighted by Crippen LogP contribution is 2.06. The fourth-order valence-electron chi connectivity index (χ4n) is 1.59. The SMILES string of the molecule is C=C(C)/C(C)=C/C=C(\C)OCCN1CCOCC1. The van der Waals surface area contributed by atoms with Crippen LogP contribution in [0.15, 0.2) is 35.6 Å². The summed E-state index contributed by atoms with van der Waals surface area (Å²) in [6.07, 6.45) is 4.05. The number of hydrogen-bond acceptors (Lipinski definition) is 3. The minimum atomic E-state index is 0.738. The summed E-state index contributed by atoms with van der Waals surface area (Å²) in [6, 6.07) is 0. The van der Waals surface area contributed by atoms with E-state index in [1.807, 2.05) is 26.0 Å². The Bertz CT molecular complexity index is 325. The summed E-state index contributed by atoms with van der Waals surface area (Å²) >= 11 is 0. The van der Waals surface area contributed by atoms with Crippen LogP contribution in [-0.4, -0.2) is 44.4 Å². The first kappa shape index (κ1) is 15.0. The maximum Gasteiger partial charge on any atom is 0.100 e. The van der Waals surface area contributed by atoms with Crippen molar-refractivity contribution in [3.63, 3.8) is 0 Å². The lowest BCUT2D eigenvalue weighted by molar-refractivity contribution is 0.0276. The van der Waals surface area contributed by atoms with Crippen molar-refractivity contribution in [3.05, 3.63) is 35.6 Å². The third-order valence-electron chi connectivity index (χ3n) is 3.08. The molecule has 1 heterocycles. The van der Waals surface area contributed by atoms with Gasteiger partial charge in [0.25, 0.3) is 0 Å². The molecule has 0 aromatic heterocycles. The predicted octanol–water partition coefficient (Wildman–Crippen LogP) is 2.76. The second-order valence-electron chi connectivity index (χ2n) is 4.71. The summed E-state index contributed by atoms with van der Waals surface area (Å²) in [5.74, 6) is 0.948. The number of allylic oxidation sites excluding steroid dienone is 5. The van der Waals surface area contributed by atoms with E-state index in [1.165, 1.54) is 5.57 Å². The van der Waals surface area contributed by atoms with E-state index in [-0.39, 0.29) is 0 Å². The summed E-state index contributed by atoms with van der Waals surface area (Å²) < 4.78 is 11.0. The van der Waals surface area contributed by atoms with E-state index in [2.05, 4.69) is 18.4 Å². The van der Waals surface area contributed by atoms with Gasteiger partial charge in [-0.15, -0.1) is 0 Å². The number of hydrogen-bond donors (Lipinski definition) is 0. The normalized spacial score (nSPS) is 18.8. The van der Waals surface area contributed by atoms with Gasteiger partial charge in [-0.1, -0.05) is 18.2 Å². The molecular weight excluding hydrogens is 226 g/mol. The number of morpholine rings is 1. The largest absolute Gasteiger partial charge is 0.497 e. The molecule has 0 bridgehead atoms. The fourth-order valence-corrected chi connectivity index (χ4v) is 1.59. The van der Waals surface area contributed by atoms with E-state index in [9.17, 15) is 0 Å². The summed E-state index contributed by atoms with van der Waals surface area (Å²) in [6.45, 7) is 15.4. The molecule has 3 nitrogen and oxygen atoms in total. The lowest BCUT2D eigenvalue weighted by Crippen LogP contribution is -2.38. The van der Waals surface area contributed by atoms with Crippen molar-refractivity contribution in [1.82, 2.24) is 4.90 Å². The Morgan fingerprint density at radius 2 is 1.89 bits per heavy atom. The lowest BCUT2D eigenvalue weighted by atomic mass is 10.1. The first-order chi connectivity index (χ1) is 8.59. The topological polar surface area (TPSA) is 21.7 Å². The van der Waals surface area contributed by atoms with Crippen molar-refractivity contribution < 1.29 is 9.47 Å². The minimum absolute atomic E-state index is 0.738. The average molecular weight is 251 g/mol. The third-order valence-corrected chi connectivity index (χ3v) is 3.08. The van der Waals surface area contributed by atoms with Crippen LogP contribution in [0.2, 0.25) is 0 Å². The molecular formula is C15H25NO2. The summed E-state index contributed by atoms with van der Waals surface area (Å²) in [7, 11) is 0. The zero-order valence-corrected chi connectivity index (χ0v) is 11.9. The summed E-state index contributed by atoms with van der Waals surface area (Å²) in [5, 5.41) is 0. The van der Waals surface area contributed by atoms with Gasteiger partial charge in [0.2, 0.25) is 0 Å². The van der Waals surface area contributed by atoms with Gasteiger partial charge in [-0.2, -0.15) is 0 Å². The van der Waals surface area contributed by atoms with Crippen LogP contribution in [0.3, 0.4) is 0 Å². The second kappa shape index (κ2) is 8.11. The Morgan fingerprint density at radius 1 is 1.22 bits per heavy atom. The number of nitrogens with zero attached hydrogens (tertiary/aromatic N) is 1. The fraction of sp³-hybridized carbons (Fsp3) is 0.600. The Labute approximate surface area is 111 Å². The zero-order chi connectivity index (χ0) is 13.4. The van der Waals surface area contributed by atoms with Crippen LogP contribution in [0.5, 0.6) is 0 Å². The first-order valence-corrected chi connectivity index (χ1v) is 6.53. The third kappa shape index (κ3) is 6.03. The van der Waals surface area contributed by atoms with Crippen LogP contribution in [0.4, 0.5) is 0 Å². The van der Waals surface area contributed by atoms with Gasteiger partial charge < -0.3 is 9.47 Å². The quantitative estimate of drug-likeness (QED) is 0.535. The molecule has 3 heteroatoms. The molecule has 1 saturated heterocycles. The van der Waals surface area contributed by atoms with Gasteiger partial charge in [-0.3, -0.25) is 4.90 Å². The number of ether oxygens (including phenoxy) is 2. The van der Waals surface area contributed by atoms with E-state index in [4.69, 9.17) is 9.47 Å². The molecule has 0 saturated carbocycles. The van der Waals surface area contributed by atoms with E-state index in [0.717, 1.165) is 50.8 Å². The maximum atomic E-state index is 5.68. The maximum absolute atomic E-state index is 5.68. The Kier molecular flexibility index (Phi) is 6.76. The molecule has 0 aliphatic carbocycles. The van der Waals surface area contributed by atoms with E-state index in [0.29, 0.717) is 0 Å². The Morgan fingerprint density at radius 3 is 2.50 bits per heavy atom. The first-order valence-electron chi connectivity index (χ1n) is 6.53. The van der Waals surface area contributed by atoms with Crippen molar-refractivity contribution >= 4 is 0 Å². The van der Waals surface area contributed by atoms with E-state index >= 15 is 0 Å². The van der Waals surface area contributed by atoms with Crippen molar-refractivity contribution in [2.75, 3.05) is 39.5 Å². The molecule has 0 radical (unpaired) electrons. The highest BCUT2D eigenvalue weighted by Gasteiger charge is 2.09. The summed E-state index contributed by atoms with van der Waals surface area (Å²) in [5.41, 5.74) is 2.28. The molecule has 0 atom stereocenters. The molecule has 0 unspecified atom stereocenters. The minimum Gasteiger partial charge on any atom is -0.497 e. The average Bonchev–Trinajstić information content (AvgIpc) is 2.37. The van der Waals surface area contributed by atoms with Gasteiger partial charge in [-0.25, -0.2) is 0 Å². The molecule has 1 aliphatic rings. The van der Waals surface area contributed by atoms with Crippen LogP contribution in [0, 0.1) is 0 Å². The second-order valence-corrected chi connectivity index (χ2v) is 4.71. The monoisotopic (exact) mass is 251 g/mol. The predicted molar refractivity (Wildman–Crippen MR) is 75.5 cm³/mol. The standard InChI is InChI=1S/C15H25NO2/c1-13(2)14(3)5-6-15(4)18-12-9-16-7-10-17-11-8-16/h5-6H,1,7-12H2,2-4H3/b14-5+,15-6+. The van der Waals surface area contributed by atoms with Crippen molar-refractivity contribution in [1.29, 1.82) is 0 Å². The molecule has 18 heavy (non-hydrogen) atoms. The van der Waals surface area contributed by atoms with Crippen molar-refractivity contribution in [2.24, 2.45) is 0 Å². The van der Waals surface area contributed by atoms with Crippen LogP contribution in [-0.2, 0) is 9.47 Å². The smallest absolute Gasteiger partial charge is 0.100 e. The molecule has 0 spiro atoms. The van der Waals surface area contributed by atoms with Gasteiger partial charge >= 0.3 is 0 Å². The highest BCUT2D eigenvalue weighted by molar-refractivity contribution is 5.28. The van der Waals surface area contributed by atoms with Crippen LogP contribution in [0.1, 0.15) is 20.8 Å². The Hall–Kier alpha value is -1.06. The molecule has 0 N–H and O–H groups in total. The van der Waals surface area contributed by atoms with Gasteiger partial charge in [0.15, 0.2) is 0 Å². The molecule has 0 aromatic carbocycles. The molecule has 0 aromatic rings. The van der Waals surface area contributed by atoms with Gasteiger partial charge in [0.1, 0.15) is 6.61 Å². The molecule has 1 fully saturated rings. The summed E-state index contributed by atoms with van der Waals surface area (Å²) in [4.78, 5) is 2.37. The van der Waals surface area contributed by atoms with E-state index < -0.39 is 0 Å². The van der Waals surface area contributed by atoms with Crippen molar-refractivity contribution in [3.8, 4) is 0 Å². The molecule has 1 rings (SSSR count). The van der Waals surface area contributed by atoms with Crippen LogP contribution >= 0.6 is 0 Å². The van der Waals surface area contributed by atoms with Gasteiger partial charge in [0, 0.05) is 19.6 Å². The molecule has 0 amide bonds. The van der Waals surface area contributed by atoms with E-state index in [1.54, 1.807) is 0 Å². The van der Waals surface area contributed by atoms with Crippen molar-refractivity contribution in [2.45, 2.75) is 20.8 Å². The number of rotatable bonds is 6. The van der Waals surface area contributed by atoms with Crippen LogP contribution in [0.25, 0.3) is 0 Å². The lowest BCUT2D eigenvalue weighted by Gasteiger charge is -2.26. The van der Waals surface area contributed by atoms with Gasteiger partial charge in [-0.05, 0) is 32.4 Å². The highest BCUT2D eigenvalue weighted by atomic mass is 16.5. The zero-order valence-electron chi connectivity index (χ0n) is 11.9. The Balaban J connectivity index is 2.23. The van der Waals surface area contributed by atoms with Gasteiger partial charge in [0.05, 0.1) is 19.0 Å². The molecule has 1 aliphatic heterocycles. The molecule has 102 valence electrons.